The lowest BCUT2D eigenvalue weighted by molar-refractivity contribution is 0.0954. The van der Waals surface area contributed by atoms with Gasteiger partial charge in [0.15, 0.2) is 0 Å². The maximum Gasteiger partial charge on any atom is 0.255 e. The van der Waals surface area contributed by atoms with Crippen molar-refractivity contribution in [3.63, 3.8) is 0 Å². The number of hydrogen-bond donors (Lipinski definition) is 1. The van der Waals surface area contributed by atoms with Gasteiger partial charge in [-0.1, -0.05) is 13.0 Å². The average Bonchev–Trinajstić information content (AvgIpc) is 2.87. The Labute approximate surface area is 117 Å². The SMILES string of the molecule is CC(CCl)CCCNC(=O)c1cnn2ccccc12. The summed E-state index contributed by atoms with van der Waals surface area (Å²) in [5.74, 6) is 1.09. The molecule has 2 aromatic rings. The van der Waals surface area contributed by atoms with Crippen LogP contribution in [-0.2, 0) is 0 Å². The third-order valence-electron chi connectivity index (χ3n) is 3.09. The first-order chi connectivity index (χ1) is 9.22. The second-order valence-corrected chi connectivity index (χ2v) is 5.05. The van der Waals surface area contributed by atoms with Crippen LogP contribution >= 0.6 is 11.6 Å². The number of fused-ring (bicyclic) bond motifs is 1. The number of rotatable bonds is 6. The van der Waals surface area contributed by atoms with E-state index in [0.29, 0.717) is 23.9 Å². The largest absolute Gasteiger partial charge is 0.352 e. The number of nitrogens with zero attached hydrogens (tertiary/aromatic N) is 2. The maximum absolute atomic E-state index is 12.0. The van der Waals surface area contributed by atoms with Crippen molar-refractivity contribution in [2.75, 3.05) is 12.4 Å². The minimum Gasteiger partial charge on any atom is -0.352 e. The van der Waals surface area contributed by atoms with Crippen LogP contribution in [0, 0.1) is 5.92 Å². The second-order valence-electron chi connectivity index (χ2n) is 4.75. The molecule has 1 N–H and O–H groups in total. The highest BCUT2D eigenvalue weighted by atomic mass is 35.5. The van der Waals surface area contributed by atoms with E-state index < -0.39 is 0 Å². The van der Waals surface area contributed by atoms with Gasteiger partial charge in [0, 0.05) is 18.6 Å². The Morgan fingerprint density at radius 3 is 3.16 bits per heavy atom. The van der Waals surface area contributed by atoms with Crippen molar-refractivity contribution in [3.05, 3.63) is 36.2 Å². The van der Waals surface area contributed by atoms with Crippen molar-refractivity contribution >= 4 is 23.0 Å². The van der Waals surface area contributed by atoms with Crippen LogP contribution in [0.5, 0.6) is 0 Å². The quantitative estimate of drug-likeness (QED) is 0.653. The molecule has 102 valence electrons. The summed E-state index contributed by atoms with van der Waals surface area (Å²) < 4.78 is 1.70. The molecule has 5 heteroatoms. The fourth-order valence-electron chi connectivity index (χ4n) is 1.93. The summed E-state index contributed by atoms with van der Waals surface area (Å²) in [6, 6.07) is 5.67. The van der Waals surface area contributed by atoms with E-state index in [0.717, 1.165) is 18.4 Å². The van der Waals surface area contributed by atoms with Gasteiger partial charge in [-0.15, -0.1) is 11.6 Å². The number of amides is 1. The van der Waals surface area contributed by atoms with E-state index in [2.05, 4.69) is 17.3 Å². The minimum atomic E-state index is -0.0697. The van der Waals surface area contributed by atoms with Gasteiger partial charge in [-0.05, 0) is 30.9 Å². The molecule has 4 nitrogen and oxygen atoms in total. The molecule has 0 spiro atoms. The van der Waals surface area contributed by atoms with Gasteiger partial charge in [0.25, 0.3) is 5.91 Å². The lowest BCUT2D eigenvalue weighted by Gasteiger charge is -2.07. The molecule has 0 aliphatic carbocycles. The van der Waals surface area contributed by atoms with Crippen LogP contribution in [0.15, 0.2) is 30.6 Å². The van der Waals surface area contributed by atoms with Crippen LogP contribution < -0.4 is 5.32 Å². The molecule has 19 heavy (non-hydrogen) atoms. The third-order valence-corrected chi connectivity index (χ3v) is 3.62. The summed E-state index contributed by atoms with van der Waals surface area (Å²) in [4.78, 5) is 12.0. The van der Waals surface area contributed by atoms with E-state index in [1.165, 1.54) is 0 Å². The Morgan fingerprint density at radius 1 is 1.53 bits per heavy atom. The molecular weight excluding hydrogens is 262 g/mol. The molecule has 2 rings (SSSR count). The van der Waals surface area contributed by atoms with E-state index in [4.69, 9.17) is 11.6 Å². The number of carbonyl (C=O) groups is 1. The average molecular weight is 280 g/mol. The van der Waals surface area contributed by atoms with E-state index in [1.54, 1.807) is 10.7 Å². The molecule has 1 unspecified atom stereocenters. The van der Waals surface area contributed by atoms with Crippen LogP contribution in [0.1, 0.15) is 30.1 Å². The van der Waals surface area contributed by atoms with E-state index >= 15 is 0 Å². The number of halogens is 1. The lowest BCUT2D eigenvalue weighted by atomic mass is 10.1. The molecule has 0 fully saturated rings. The predicted octanol–water partition coefficient (Wildman–Crippen LogP) is 2.72. The zero-order valence-electron chi connectivity index (χ0n) is 11.0. The van der Waals surface area contributed by atoms with Crippen LogP contribution in [0.3, 0.4) is 0 Å². The Morgan fingerprint density at radius 2 is 2.37 bits per heavy atom. The van der Waals surface area contributed by atoms with E-state index in [1.807, 2.05) is 24.4 Å². The minimum absolute atomic E-state index is 0.0697. The van der Waals surface area contributed by atoms with Gasteiger partial charge in [-0.3, -0.25) is 4.79 Å². The molecule has 2 aromatic heterocycles. The van der Waals surface area contributed by atoms with Crippen LogP contribution in [0.25, 0.3) is 5.52 Å². The Balaban J connectivity index is 1.90. The topological polar surface area (TPSA) is 46.4 Å². The maximum atomic E-state index is 12.0. The molecule has 0 saturated carbocycles. The Bertz CT molecular complexity index is 552. The molecule has 0 aromatic carbocycles. The monoisotopic (exact) mass is 279 g/mol. The summed E-state index contributed by atoms with van der Waals surface area (Å²) >= 11 is 5.74. The summed E-state index contributed by atoms with van der Waals surface area (Å²) in [6.07, 6.45) is 5.40. The Hall–Kier alpha value is -1.55. The zero-order chi connectivity index (χ0) is 13.7. The van der Waals surface area contributed by atoms with Gasteiger partial charge in [0.2, 0.25) is 0 Å². The van der Waals surface area contributed by atoms with Gasteiger partial charge < -0.3 is 5.32 Å². The standard InChI is InChI=1S/C14H18ClN3O/c1-11(9-15)5-4-7-16-14(19)12-10-17-18-8-3-2-6-13(12)18/h2-3,6,8,10-11H,4-5,7,9H2,1H3,(H,16,19). The first kappa shape index (κ1) is 13.9. The van der Waals surface area contributed by atoms with Gasteiger partial charge in [-0.25, -0.2) is 4.52 Å². The van der Waals surface area contributed by atoms with Crippen molar-refractivity contribution in [1.29, 1.82) is 0 Å². The highest BCUT2D eigenvalue weighted by Crippen LogP contribution is 2.10. The number of pyridine rings is 1. The fourth-order valence-corrected chi connectivity index (χ4v) is 2.09. The second kappa shape index (κ2) is 6.57. The molecule has 0 bridgehead atoms. The van der Waals surface area contributed by atoms with Gasteiger partial charge >= 0.3 is 0 Å². The number of hydrogen-bond acceptors (Lipinski definition) is 2. The van der Waals surface area contributed by atoms with Crippen molar-refractivity contribution in [3.8, 4) is 0 Å². The molecule has 0 aliphatic heterocycles. The zero-order valence-corrected chi connectivity index (χ0v) is 11.7. The first-order valence-corrected chi connectivity index (χ1v) is 7.02. The third kappa shape index (κ3) is 3.47. The van der Waals surface area contributed by atoms with Crippen LogP contribution in [0.4, 0.5) is 0 Å². The molecular formula is C14H18ClN3O. The van der Waals surface area contributed by atoms with Crippen molar-refractivity contribution < 1.29 is 4.79 Å². The predicted molar refractivity (Wildman–Crippen MR) is 76.6 cm³/mol. The van der Waals surface area contributed by atoms with Gasteiger partial charge in [0.05, 0.1) is 17.3 Å². The van der Waals surface area contributed by atoms with Crippen molar-refractivity contribution in [1.82, 2.24) is 14.9 Å². The smallest absolute Gasteiger partial charge is 0.255 e. The first-order valence-electron chi connectivity index (χ1n) is 6.49. The van der Waals surface area contributed by atoms with Crippen molar-refractivity contribution in [2.24, 2.45) is 5.92 Å². The molecule has 2 heterocycles. The number of nitrogens with one attached hydrogen (secondary N) is 1. The highest BCUT2D eigenvalue weighted by Gasteiger charge is 2.11. The molecule has 1 atom stereocenters. The van der Waals surface area contributed by atoms with E-state index in [9.17, 15) is 4.79 Å². The van der Waals surface area contributed by atoms with Crippen LogP contribution in [-0.4, -0.2) is 27.9 Å². The molecule has 0 radical (unpaired) electrons. The Kier molecular flexibility index (Phi) is 4.80. The normalized spacial score (nSPS) is 12.5. The fraction of sp³-hybridized carbons (Fsp3) is 0.429. The number of carbonyl (C=O) groups excluding carboxylic acids is 1. The van der Waals surface area contributed by atoms with Crippen LogP contribution in [0.2, 0.25) is 0 Å². The van der Waals surface area contributed by atoms with Gasteiger partial charge in [-0.2, -0.15) is 5.10 Å². The molecule has 0 saturated heterocycles. The number of alkyl halides is 1. The van der Waals surface area contributed by atoms with Crippen molar-refractivity contribution in [2.45, 2.75) is 19.8 Å². The summed E-state index contributed by atoms with van der Waals surface area (Å²) in [6.45, 7) is 2.78. The lowest BCUT2D eigenvalue weighted by Crippen LogP contribution is -2.24. The van der Waals surface area contributed by atoms with E-state index in [-0.39, 0.29) is 5.91 Å². The molecule has 1 amide bonds. The number of aromatic nitrogens is 2. The summed E-state index contributed by atoms with van der Waals surface area (Å²) in [5.41, 5.74) is 1.44. The summed E-state index contributed by atoms with van der Waals surface area (Å²) in [7, 11) is 0. The highest BCUT2D eigenvalue weighted by molar-refractivity contribution is 6.18. The molecule has 0 aliphatic rings. The van der Waals surface area contributed by atoms with Gasteiger partial charge in [0.1, 0.15) is 0 Å². The summed E-state index contributed by atoms with van der Waals surface area (Å²) in [5, 5.41) is 7.07.